The molecule has 390 valence electrons. The lowest BCUT2D eigenvalue weighted by Gasteiger charge is -2.35. The van der Waals surface area contributed by atoms with Gasteiger partial charge in [0.1, 0.15) is 17.9 Å². The molecule has 0 atom stereocenters. The Balaban J connectivity index is 0.000000174. The first kappa shape index (κ1) is 56.1. The molecule has 2 aliphatic heterocycles. The van der Waals surface area contributed by atoms with Gasteiger partial charge in [-0.15, -0.1) is 0 Å². The lowest BCUT2D eigenvalue weighted by Crippen LogP contribution is -2.41. The number of halogens is 8. The molecule has 75 heavy (non-hydrogen) atoms. The van der Waals surface area contributed by atoms with Crippen LogP contribution in [0.4, 0.5) is 8.78 Å². The van der Waals surface area contributed by atoms with E-state index in [0.717, 1.165) is 48.5 Å². The monoisotopic (exact) mass is 1130 g/mol. The molecule has 10 rings (SSSR count). The van der Waals surface area contributed by atoms with Gasteiger partial charge in [-0.3, -0.25) is 28.4 Å². The average Bonchev–Trinajstić information content (AvgIpc) is 3.38. The predicted octanol–water partition coefficient (Wildman–Crippen LogP) is 14.2. The van der Waals surface area contributed by atoms with Crippen LogP contribution < -0.4 is 16.4 Å². The number of nitrogens with one attached hydrogen (secondary N) is 1. The van der Waals surface area contributed by atoms with Gasteiger partial charge in [0.2, 0.25) is 0 Å². The van der Waals surface area contributed by atoms with Crippen LogP contribution in [0.5, 0.6) is 0 Å². The third-order valence-corrected chi connectivity index (χ3v) is 15.6. The maximum atomic E-state index is 13.9. The third-order valence-electron chi connectivity index (χ3n) is 13.7. The van der Waals surface area contributed by atoms with Crippen molar-refractivity contribution in [1.29, 1.82) is 0 Å². The van der Waals surface area contributed by atoms with E-state index >= 15 is 0 Å². The van der Waals surface area contributed by atoms with E-state index in [4.69, 9.17) is 69.6 Å². The Morgan fingerprint density at radius 1 is 0.533 bits per heavy atom. The summed E-state index contributed by atoms with van der Waals surface area (Å²) in [6, 6.07) is 33.5. The van der Waals surface area contributed by atoms with Crippen molar-refractivity contribution in [3.8, 4) is 33.6 Å². The Morgan fingerprint density at radius 3 is 1.40 bits per heavy atom. The minimum absolute atomic E-state index is 0.183. The summed E-state index contributed by atoms with van der Waals surface area (Å²) in [5.74, 6) is -0.882. The van der Waals surface area contributed by atoms with Crippen molar-refractivity contribution in [2.45, 2.75) is 44.3 Å². The Bertz CT molecular complexity index is 3480. The number of carbonyl (C=O) groups is 1. The van der Waals surface area contributed by atoms with E-state index in [1.54, 1.807) is 71.3 Å². The SMILES string of the molecule is CN(C)C1CCN(Cc2cc(-c3ccc(F)cc3Cl)c3ccc(=O)n(-c4c(Cl)cccc4Cl)c3c2)CC1.CN(C)C1CCNCC1.O=Cc1cc(-c2ccc(F)cc2Cl)c2ccc(=O)n(-c3c(Cl)cccc3Cl)c2c1. The molecular weight excluding hydrogens is 1080 g/mol. The van der Waals surface area contributed by atoms with Gasteiger partial charge in [0.15, 0.2) is 0 Å². The van der Waals surface area contributed by atoms with E-state index in [0.29, 0.717) is 84.0 Å². The molecule has 0 unspecified atom stereocenters. The molecule has 0 amide bonds. The maximum absolute atomic E-state index is 13.9. The molecule has 8 aromatic rings. The Hall–Kier alpha value is -5.15. The molecule has 0 bridgehead atoms. The summed E-state index contributed by atoms with van der Waals surface area (Å²) >= 11 is 38.6. The number of aldehydes is 1. The van der Waals surface area contributed by atoms with E-state index in [9.17, 15) is 23.2 Å². The van der Waals surface area contributed by atoms with Crippen molar-refractivity contribution in [2.75, 3.05) is 54.4 Å². The first-order valence-corrected chi connectivity index (χ1v) is 26.6. The van der Waals surface area contributed by atoms with E-state index < -0.39 is 11.6 Å². The molecule has 2 aromatic heterocycles. The molecule has 9 nitrogen and oxygen atoms in total. The smallest absolute Gasteiger partial charge is 0.255 e. The van der Waals surface area contributed by atoms with Crippen LogP contribution in [-0.4, -0.2) is 96.6 Å². The van der Waals surface area contributed by atoms with E-state index in [2.05, 4.69) is 54.3 Å². The van der Waals surface area contributed by atoms with Crippen molar-refractivity contribution in [3.05, 3.63) is 195 Å². The zero-order valence-electron chi connectivity index (χ0n) is 41.6. The van der Waals surface area contributed by atoms with Gasteiger partial charge in [0, 0.05) is 58.2 Å². The third kappa shape index (κ3) is 12.8. The van der Waals surface area contributed by atoms with Crippen LogP contribution in [-0.2, 0) is 6.54 Å². The molecule has 0 radical (unpaired) electrons. The summed E-state index contributed by atoms with van der Waals surface area (Å²) in [7, 11) is 8.58. The highest BCUT2D eigenvalue weighted by Crippen LogP contribution is 2.39. The number of piperidine rings is 2. The van der Waals surface area contributed by atoms with Gasteiger partial charge >= 0.3 is 0 Å². The minimum Gasteiger partial charge on any atom is -0.317 e. The number of likely N-dealkylation sites (tertiary alicyclic amines) is 1. The first-order valence-electron chi connectivity index (χ1n) is 24.3. The van der Waals surface area contributed by atoms with Crippen LogP contribution in [0.1, 0.15) is 41.6 Å². The second kappa shape index (κ2) is 24.9. The highest BCUT2D eigenvalue weighted by molar-refractivity contribution is 6.39. The van der Waals surface area contributed by atoms with Crippen LogP contribution in [0, 0.1) is 11.6 Å². The van der Waals surface area contributed by atoms with Crippen LogP contribution >= 0.6 is 69.6 Å². The van der Waals surface area contributed by atoms with Gasteiger partial charge in [0.05, 0.1) is 52.5 Å². The quantitative estimate of drug-likeness (QED) is 0.144. The van der Waals surface area contributed by atoms with Crippen molar-refractivity contribution < 1.29 is 13.6 Å². The fourth-order valence-corrected chi connectivity index (χ4v) is 11.5. The molecule has 1 N–H and O–H groups in total. The Kier molecular flexibility index (Phi) is 18.6. The van der Waals surface area contributed by atoms with Crippen molar-refractivity contribution in [3.63, 3.8) is 0 Å². The lowest BCUT2D eigenvalue weighted by molar-refractivity contribution is 0.112. The number of hydrogen-bond acceptors (Lipinski definition) is 7. The van der Waals surface area contributed by atoms with Gasteiger partial charge in [-0.05, 0) is 194 Å². The molecule has 4 heterocycles. The number of rotatable bonds is 9. The van der Waals surface area contributed by atoms with Crippen LogP contribution in [0.2, 0.25) is 30.1 Å². The highest BCUT2D eigenvalue weighted by Gasteiger charge is 2.24. The second-order valence-electron chi connectivity index (χ2n) is 19.0. The van der Waals surface area contributed by atoms with Crippen LogP contribution in [0.15, 0.2) is 131 Å². The topological polar surface area (TPSA) is 82.8 Å². The van der Waals surface area contributed by atoms with E-state index in [-0.39, 0.29) is 26.2 Å². The Morgan fingerprint density at radius 2 is 0.973 bits per heavy atom. The number of benzene rings is 6. The highest BCUT2D eigenvalue weighted by atomic mass is 35.5. The lowest BCUT2D eigenvalue weighted by atomic mass is 9.96. The summed E-state index contributed by atoms with van der Waals surface area (Å²) in [5.41, 5.74) is 5.16. The maximum Gasteiger partial charge on any atom is 0.255 e. The van der Waals surface area contributed by atoms with Gasteiger partial charge in [-0.2, -0.15) is 0 Å². The van der Waals surface area contributed by atoms with Gasteiger partial charge in [0.25, 0.3) is 11.1 Å². The number of aromatic nitrogens is 2. The number of para-hydroxylation sites is 2. The van der Waals surface area contributed by atoms with Gasteiger partial charge in [-0.1, -0.05) is 81.7 Å². The molecule has 17 heteroatoms. The van der Waals surface area contributed by atoms with E-state index in [1.807, 2.05) is 6.07 Å². The second-order valence-corrected chi connectivity index (χ2v) is 21.5. The van der Waals surface area contributed by atoms with Crippen molar-refractivity contribution in [1.82, 2.24) is 29.2 Å². The normalized spacial score (nSPS) is 14.5. The minimum atomic E-state index is -0.477. The summed E-state index contributed by atoms with van der Waals surface area (Å²) in [5, 5.41) is 6.56. The molecule has 6 aromatic carbocycles. The van der Waals surface area contributed by atoms with Crippen molar-refractivity contribution >= 4 is 97.7 Å². The number of fused-ring (bicyclic) bond motifs is 2. The zero-order chi connectivity index (χ0) is 53.7. The summed E-state index contributed by atoms with van der Waals surface area (Å²) in [6.45, 7) is 5.06. The number of carbonyl (C=O) groups excluding carboxylic acids is 1. The molecule has 2 fully saturated rings. The first-order chi connectivity index (χ1) is 35.9. The fourth-order valence-electron chi connectivity index (χ4n) is 9.83. The predicted molar refractivity (Wildman–Crippen MR) is 307 cm³/mol. The standard InChI is InChI=1S/C29H27Cl3FN3O.C22H11Cl3FNO2.C7H16N2/c1-34(2)20-10-12-35(13-11-20)17-18-14-23(21-7-6-19(33)16-26(21)32)22-8-9-28(37)36(27(22)15-18)29-24(30)4-3-5-25(29)31;23-17-2-1-3-18(24)22(17)27-20-9-12(11-28)8-16(15(20)6-7-21(27)29)14-5-4-13(26)10-19(14)25;1-9(2)7-3-5-8-6-4-7/h3-9,14-16,20H,10-13,17H2,1-2H3;1-11H;7-8H,3-6H2,1-2H3. The number of hydrogen-bond donors (Lipinski definition) is 1. The molecular formula is C58H54Cl6F2N6O3. The summed E-state index contributed by atoms with van der Waals surface area (Å²) in [4.78, 5) is 44.7. The van der Waals surface area contributed by atoms with Crippen LogP contribution in [0.25, 0.3) is 55.4 Å². The van der Waals surface area contributed by atoms with Gasteiger partial charge < -0.3 is 15.1 Å². The zero-order valence-corrected chi connectivity index (χ0v) is 46.2. The molecule has 0 aliphatic carbocycles. The number of pyridine rings is 2. The van der Waals surface area contributed by atoms with Gasteiger partial charge in [-0.25, -0.2) is 8.78 Å². The average molecular weight is 1130 g/mol. The Labute approximate surface area is 464 Å². The van der Waals surface area contributed by atoms with Crippen LogP contribution in [0.3, 0.4) is 0 Å². The molecule has 2 aliphatic rings. The van der Waals surface area contributed by atoms with E-state index in [1.165, 1.54) is 73.0 Å². The molecule has 2 saturated heterocycles. The number of nitrogens with zero attached hydrogens (tertiary/aromatic N) is 5. The molecule has 0 saturated carbocycles. The van der Waals surface area contributed by atoms with Crippen molar-refractivity contribution in [2.24, 2.45) is 0 Å². The fraction of sp³-hybridized carbons (Fsp3) is 0.259. The molecule has 0 spiro atoms. The summed E-state index contributed by atoms with van der Waals surface area (Å²) in [6.07, 6.45) is 5.48. The summed E-state index contributed by atoms with van der Waals surface area (Å²) < 4.78 is 30.4. The largest absolute Gasteiger partial charge is 0.317 e.